The number of hydrogen-bond acceptors (Lipinski definition) is 8. The highest BCUT2D eigenvalue weighted by Crippen LogP contribution is 2.36. The monoisotopic (exact) mass is 449 g/mol. The van der Waals surface area contributed by atoms with Gasteiger partial charge in [0.2, 0.25) is 5.95 Å². The van der Waals surface area contributed by atoms with Crippen molar-refractivity contribution in [3.63, 3.8) is 0 Å². The van der Waals surface area contributed by atoms with Crippen molar-refractivity contribution in [1.29, 1.82) is 0 Å². The number of fused-ring (bicyclic) bond motifs is 1. The topological polar surface area (TPSA) is 123 Å². The number of aryl methyl sites for hydroxylation is 1. The predicted molar refractivity (Wildman–Crippen MR) is 116 cm³/mol. The average molecular weight is 450 g/mol. The Morgan fingerprint density at radius 3 is 3.00 bits per heavy atom. The van der Waals surface area contributed by atoms with Gasteiger partial charge in [0.1, 0.15) is 16.9 Å². The van der Waals surface area contributed by atoms with Crippen molar-refractivity contribution >= 4 is 35.4 Å². The Morgan fingerprint density at radius 2 is 2.23 bits per heavy atom. The van der Waals surface area contributed by atoms with Crippen molar-refractivity contribution < 1.29 is 13.9 Å². The molecule has 4 heterocycles. The highest BCUT2D eigenvalue weighted by Gasteiger charge is 2.31. The van der Waals surface area contributed by atoms with E-state index >= 15 is 0 Å². The van der Waals surface area contributed by atoms with Crippen molar-refractivity contribution in [3.05, 3.63) is 41.2 Å². The number of nitrogens with one attached hydrogen (secondary N) is 1. The Kier molecular flexibility index (Phi) is 7.34. The zero-order valence-corrected chi connectivity index (χ0v) is 18.0. The highest BCUT2D eigenvalue weighted by molar-refractivity contribution is 6.00. The van der Waals surface area contributed by atoms with Crippen LogP contribution in [0.15, 0.2) is 18.5 Å². The van der Waals surface area contributed by atoms with Crippen LogP contribution in [0.2, 0.25) is 0 Å². The number of rotatable bonds is 7. The lowest BCUT2D eigenvalue weighted by molar-refractivity contribution is 0.0521. The van der Waals surface area contributed by atoms with Crippen LogP contribution in [-0.2, 0) is 11.2 Å². The van der Waals surface area contributed by atoms with Crippen LogP contribution < -0.4 is 10.6 Å². The first kappa shape index (κ1) is 22.8. The second-order valence-electron chi connectivity index (χ2n) is 7.16. The van der Waals surface area contributed by atoms with E-state index in [1.54, 1.807) is 19.2 Å². The minimum atomic E-state index is -0.537. The van der Waals surface area contributed by atoms with E-state index in [1.807, 2.05) is 4.90 Å². The quantitative estimate of drug-likeness (QED) is 0.528. The van der Waals surface area contributed by atoms with Crippen molar-refractivity contribution in [3.8, 4) is 0 Å². The number of aromatic amines is 1. The second kappa shape index (κ2) is 9.97. The number of aromatic nitrogens is 5. The van der Waals surface area contributed by atoms with Gasteiger partial charge in [0.15, 0.2) is 5.69 Å². The van der Waals surface area contributed by atoms with Gasteiger partial charge in [-0.3, -0.25) is 10.1 Å². The molecule has 0 unspecified atom stereocenters. The number of esters is 1. The Morgan fingerprint density at radius 1 is 1.39 bits per heavy atom. The Labute approximate surface area is 185 Å². The normalized spacial score (nSPS) is 15.8. The Bertz CT molecular complexity index is 1060. The zero-order chi connectivity index (χ0) is 21.1. The number of carbonyl (C=O) groups excluding carboxylic acids is 1. The summed E-state index contributed by atoms with van der Waals surface area (Å²) in [5.74, 6) is -0.445. The molecule has 31 heavy (non-hydrogen) atoms. The van der Waals surface area contributed by atoms with E-state index in [1.165, 1.54) is 6.20 Å². The molecule has 1 fully saturated rings. The van der Waals surface area contributed by atoms with Crippen LogP contribution in [0.25, 0.3) is 11.0 Å². The number of hydrogen-bond donors (Lipinski definition) is 2. The summed E-state index contributed by atoms with van der Waals surface area (Å²) in [4.78, 5) is 27.6. The molecule has 0 bridgehead atoms. The Balaban J connectivity index is 0.00000272. The van der Waals surface area contributed by atoms with Crippen LogP contribution in [0.3, 0.4) is 0 Å². The fraction of sp³-hybridized carbons (Fsp3) is 0.450. The van der Waals surface area contributed by atoms with Gasteiger partial charge in [-0.05, 0) is 50.8 Å². The third kappa shape index (κ3) is 4.59. The summed E-state index contributed by atoms with van der Waals surface area (Å²) in [5.41, 5.74) is 8.41. The number of halogens is 2. The van der Waals surface area contributed by atoms with E-state index < -0.39 is 5.97 Å². The van der Waals surface area contributed by atoms with Gasteiger partial charge in [-0.25, -0.2) is 19.2 Å². The molecule has 1 aliphatic heterocycles. The van der Waals surface area contributed by atoms with Crippen LogP contribution in [0.5, 0.6) is 0 Å². The average Bonchev–Trinajstić information content (AvgIpc) is 3.39. The Hall–Kier alpha value is -2.85. The molecule has 1 aliphatic rings. The molecule has 11 heteroatoms. The fourth-order valence-corrected chi connectivity index (χ4v) is 3.86. The van der Waals surface area contributed by atoms with E-state index in [-0.39, 0.29) is 36.6 Å². The van der Waals surface area contributed by atoms with E-state index in [2.05, 4.69) is 25.1 Å². The van der Waals surface area contributed by atoms with Gasteiger partial charge in [0.25, 0.3) is 0 Å². The third-order valence-electron chi connectivity index (χ3n) is 5.21. The van der Waals surface area contributed by atoms with Crippen molar-refractivity contribution in [2.24, 2.45) is 5.73 Å². The number of pyridine rings is 1. The number of carbonyl (C=O) groups is 1. The smallest absolute Gasteiger partial charge is 0.361 e. The molecular formula is C20H25ClFN7O2. The molecule has 3 aromatic heterocycles. The number of nitrogens with two attached hydrogens (primary N) is 1. The maximum absolute atomic E-state index is 14.0. The standard InChI is InChI=1S/C20H24FN7O2.ClH/c1-2-30-19(29)18-17-15(26-27-18)11-24-20(25-17)28-8-4-6-16(28)13-9-12(21)10-23-14(13)5-3-7-22;/h9-11,16H,2-8,22H2,1H3,(H,26,27);1H/t16-;/m1./s1. The minimum absolute atomic E-state index is 0. The van der Waals surface area contributed by atoms with E-state index in [9.17, 15) is 9.18 Å². The molecule has 0 spiro atoms. The molecule has 0 amide bonds. The molecular weight excluding hydrogens is 425 g/mol. The van der Waals surface area contributed by atoms with Gasteiger partial charge in [-0.1, -0.05) is 0 Å². The zero-order valence-electron chi connectivity index (χ0n) is 17.2. The molecule has 0 saturated carbocycles. The number of nitrogens with zero attached hydrogens (tertiary/aromatic N) is 5. The first-order valence-electron chi connectivity index (χ1n) is 10.1. The highest BCUT2D eigenvalue weighted by atomic mass is 35.5. The third-order valence-corrected chi connectivity index (χ3v) is 5.21. The maximum Gasteiger partial charge on any atom is 0.361 e. The molecule has 0 aromatic carbocycles. The second-order valence-corrected chi connectivity index (χ2v) is 7.16. The molecule has 0 radical (unpaired) electrons. The molecule has 4 rings (SSSR count). The van der Waals surface area contributed by atoms with Gasteiger partial charge in [-0.2, -0.15) is 5.10 Å². The summed E-state index contributed by atoms with van der Waals surface area (Å²) in [5, 5.41) is 6.79. The van der Waals surface area contributed by atoms with Crippen LogP contribution >= 0.6 is 12.4 Å². The minimum Gasteiger partial charge on any atom is -0.461 e. The summed E-state index contributed by atoms with van der Waals surface area (Å²) in [6.45, 7) is 3.24. The fourth-order valence-electron chi connectivity index (χ4n) is 3.86. The number of ether oxygens (including phenoxy) is 1. The molecule has 3 N–H and O–H groups in total. The summed E-state index contributed by atoms with van der Waals surface area (Å²) >= 11 is 0. The largest absolute Gasteiger partial charge is 0.461 e. The SMILES string of the molecule is CCOC(=O)c1n[nH]c2cnc(N3CCC[C@@H]3c3cc(F)cnc3CCCN)nc12.Cl. The van der Waals surface area contributed by atoms with Crippen LogP contribution in [0, 0.1) is 5.82 Å². The number of anilines is 1. The van der Waals surface area contributed by atoms with Gasteiger partial charge in [0.05, 0.1) is 25.0 Å². The summed E-state index contributed by atoms with van der Waals surface area (Å²) in [7, 11) is 0. The van der Waals surface area contributed by atoms with Crippen LogP contribution in [-0.4, -0.2) is 50.8 Å². The predicted octanol–water partition coefficient (Wildman–Crippen LogP) is 2.72. The van der Waals surface area contributed by atoms with Gasteiger partial charge >= 0.3 is 5.97 Å². The summed E-state index contributed by atoms with van der Waals surface area (Å²) in [6.07, 6.45) is 6.05. The lowest BCUT2D eigenvalue weighted by Crippen LogP contribution is -2.26. The van der Waals surface area contributed by atoms with Crippen LogP contribution in [0.4, 0.5) is 10.3 Å². The van der Waals surface area contributed by atoms with Crippen molar-refractivity contribution in [2.45, 2.75) is 38.6 Å². The molecule has 9 nitrogen and oxygen atoms in total. The van der Waals surface area contributed by atoms with Crippen molar-refractivity contribution in [1.82, 2.24) is 25.1 Å². The van der Waals surface area contributed by atoms with Gasteiger partial charge in [0, 0.05) is 12.2 Å². The van der Waals surface area contributed by atoms with Crippen LogP contribution in [0.1, 0.15) is 54.0 Å². The lowest BCUT2D eigenvalue weighted by atomic mass is 10.00. The van der Waals surface area contributed by atoms with Gasteiger partial charge in [-0.15, -0.1) is 12.4 Å². The molecule has 166 valence electrons. The van der Waals surface area contributed by atoms with E-state index in [0.717, 1.165) is 37.1 Å². The van der Waals surface area contributed by atoms with E-state index in [4.69, 9.17) is 10.5 Å². The van der Waals surface area contributed by atoms with Crippen molar-refractivity contribution in [2.75, 3.05) is 24.6 Å². The molecule has 1 atom stereocenters. The lowest BCUT2D eigenvalue weighted by Gasteiger charge is -2.26. The summed E-state index contributed by atoms with van der Waals surface area (Å²) in [6, 6.07) is 1.44. The van der Waals surface area contributed by atoms with Gasteiger partial charge < -0.3 is 15.4 Å². The number of H-pyrrole nitrogens is 1. The first-order chi connectivity index (χ1) is 14.6. The first-order valence-corrected chi connectivity index (χ1v) is 10.1. The van der Waals surface area contributed by atoms with E-state index in [0.29, 0.717) is 29.9 Å². The molecule has 3 aromatic rings. The molecule has 0 aliphatic carbocycles. The summed E-state index contributed by atoms with van der Waals surface area (Å²) < 4.78 is 19.1. The molecule has 1 saturated heterocycles. The maximum atomic E-state index is 14.0.